The quantitative estimate of drug-likeness (QED) is 0.645. The van der Waals surface area contributed by atoms with Gasteiger partial charge in [-0.1, -0.05) is 23.9 Å². The van der Waals surface area contributed by atoms with E-state index in [1.165, 1.54) is 0 Å². The highest BCUT2D eigenvalue weighted by molar-refractivity contribution is 8.00. The first-order valence-electron chi connectivity index (χ1n) is 8.02. The molecular weight excluding hydrogens is 368 g/mol. The number of nitrogens with zero attached hydrogens (tertiary/aromatic N) is 1. The van der Waals surface area contributed by atoms with Gasteiger partial charge in [-0.05, 0) is 36.8 Å². The van der Waals surface area contributed by atoms with E-state index in [0.717, 1.165) is 21.3 Å². The van der Waals surface area contributed by atoms with Gasteiger partial charge in [0.2, 0.25) is 6.79 Å². The van der Waals surface area contributed by atoms with Crippen molar-refractivity contribution in [3.63, 3.8) is 0 Å². The summed E-state index contributed by atoms with van der Waals surface area (Å²) in [5.41, 5.74) is 3.50. The van der Waals surface area contributed by atoms with Crippen LogP contribution >= 0.6 is 23.1 Å². The number of anilines is 1. The minimum atomic E-state index is -0.154. The van der Waals surface area contributed by atoms with Gasteiger partial charge in [0, 0.05) is 34.1 Å². The number of aryl methyl sites for hydroxylation is 1. The van der Waals surface area contributed by atoms with E-state index in [-0.39, 0.29) is 12.7 Å². The minimum absolute atomic E-state index is 0.154. The Hall–Kier alpha value is -2.51. The fraction of sp³-hybridized carbons (Fsp3) is 0.158. The highest BCUT2D eigenvalue weighted by Crippen LogP contribution is 2.34. The van der Waals surface area contributed by atoms with E-state index in [2.05, 4.69) is 10.3 Å². The van der Waals surface area contributed by atoms with Gasteiger partial charge in [-0.25, -0.2) is 4.98 Å². The number of carbonyl (C=O) groups excluding carboxylic acids is 1. The van der Waals surface area contributed by atoms with Gasteiger partial charge >= 0.3 is 0 Å². The number of thioether (sulfide) groups is 1. The van der Waals surface area contributed by atoms with Gasteiger partial charge in [-0.2, -0.15) is 0 Å². The number of carbonyl (C=O) groups is 1. The zero-order chi connectivity index (χ0) is 17.9. The Morgan fingerprint density at radius 1 is 1.19 bits per heavy atom. The first-order chi connectivity index (χ1) is 12.7. The molecule has 7 heteroatoms. The van der Waals surface area contributed by atoms with Crippen LogP contribution in [0.2, 0.25) is 0 Å². The smallest absolute Gasteiger partial charge is 0.255 e. The number of ether oxygens (including phenoxy) is 2. The first kappa shape index (κ1) is 16.9. The number of thiazole rings is 1. The SMILES string of the molecule is Cc1csc(SCc2ccc(C(=O)Nc3ccc4c(c3)OCO4)cc2)n1. The number of fused-ring (bicyclic) bond motifs is 1. The van der Waals surface area contributed by atoms with Crippen molar-refractivity contribution in [3.8, 4) is 11.5 Å². The number of nitrogens with one attached hydrogen (secondary N) is 1. The van der Waals surface area contributed by atoms with Crippen LogP contribution < -0.4 is 14.8 Å². The van der Waals surface area contributed by atoms with Gasteiger partial charge in [0.05, 0.1) is 0 Å². The van der Waals surface area contributed by atoms with Gasteiger partial charge in [0.1, 0.15) is 4.34 Å². The van der Waals surface area contributed by atoms with Crippen molar-refractivity contribution in [2.45, 2.75) is 17.0 Å². The topological polar surface area (TPSA) is 60.5 Å². The summed E-state index contributed by atoms with van der Waals surface area (Å²) in [5.74, 6) is 2.02. The minimum Gasteiger partial charge on any atom is -0.454 e. The molecule has 1 N–H and O–H groups in total. The maximum atomic E-state index is 12.4. The second-order valence-electron chi connectivity index (χ2n) is 5.76. The number of amides is 1. The maximum absolute atomic E-state index is 12.4. The summed E-state index contributed by atoms with van der Waals surface area (Å²) in [6, 6.07) is 13.0. The number of rotatable bonds is 5. The molecule has 1 aliphatic heterocycles. The summed E-state index contributed by atoms with van der Waals surface area (Å²) in [6.45, 7) is 2.21. The van der Waals surface area contributed by atoms with Crippen molar-refractivity contribution in [2.24, 2.45) is 0 Å². The Balaban J connectivity index is 1.37. The van der Waals surface area contributed by atoms with Gasteiger partial charge < -0.3 is 14.8 Å². The van der Waals surface area contributed by atoms with Crippen LogP contribution in [-0.2, 0) is 5.75 Å². The standard InChI is InChI=1S/C19H16N2O3S2/c1-12-9-25-19(20-12)26-10-13-2-4-14(5-3-13)18(22)21-15-6-7-16-17(8-15)24-11-23-16/h2-9H,10-11H2,1H3,(H,21,22). The fourth-order valence-corrected chi connectivity index (χ4v) is 4.28. The van der Waals surface area contributed by atoms with Crippen molar-refractivity contribution >= 4 is 34.7 Å². The molecule has 4 rings (SSSR count). The molecule has 132 valence electrons. The number of aromatic nitrogens is 1. The molecule has 5 nitrogen and oxygen atoms in total. The van der Waals surface area contributed by atoms with Crippen molar-refractivity contribution in [2.75, 3.05) is 12.1 Å². The van der Waals surface area contributed by atoms with Crippen LogP contribution in [0, 0.1) is 6.92 Å². The summed E-state index contributed by atoms with van der Waals surface area (Å²) >= 11 is 3.36. The van der Waals surface area contributed by atoms with Crippen LogP contribution in [0.15, 0.2) is 52.2 Å². The fourth-order valence-electron chi connectivity index (χ4n) is 2.47. The van der Waals surface area contributed by atoms with Crippen LogP contribution in [0.25, 0.3) is 0 Å². The zero-order valence-electron chi connectivity index (χ0n) is 14.0. The van der Waals surface area contributed by atoms with Crippen LogP contribution in [-0.4, -0.2) is 17.7 Å². The Bertz CT molecular complexity index is 938. The van der Waals surface area contributed by atoms with Gasteiger partial charge in [-0.3, -0.25) is 4.79 Å². The molecule has 0 fully saturated rings. The lowest BCUT2D eigenvalue weighted by Gasteiger charge is -2.07. The molecule has 1 amide bonds. The normalized spacial score (nSPS) is 12.2. The molecule has 3 aromatic rings. The molecule has 0 saturated carbocycles. The van der Waals surface area contributed by atoms with Crippen molar-refractivity contribution in [3.05, 3.63) is 64.7 Å². The molecule has 0 atom stereocenters. The van der Waals surface area contributed by atoms with E-state index in [1.54, 1.807) is 41.3 Å². The predicted octanol–water partition coefficient (Wildman–Crippen LogP) is 4.72. The molecule has 0 bridgehead atoms. The third-order valence-electron chi connectivity index (χ3n) is 3.81. The molecule has 0 radical (unpaired) electrons. The van der Waals surface area contributed by atoms with Crippen LogP contribution in [0.4, 0.5) is 5.69 Å². The second kappa shape index (κ2) is 7.39. The Morgan fingerprint density at radius 2 is 2.00 bits per heavy atom. The third-order valence-corrected chi connectivity index (χ3v) is 6.02. The Kier molecular flexibility index (Phi) is 4.81. The number of hydrogen-bond acceptors (Lipinski definition) is 6. The van der Waals surface area contributed by atoms with E-state index in [0.29, 0.717) is 22.7 Å². The average Bonchev–Trinajstić information content (AvgIpc) is 3.28. The molecule has 0 saturated heterocycles. The average molecular weight is 384 g/mol. The van der Waals surface area contributed by atoms with Crippen LogP contribution in [0.5, 0.6) is 11.5 Å². The summed E-state index contributed by atoms with van der Waals surface area (Å²) in [4.78, 5) is 16.9. The Morgan fingerprint density at radius 3 is 2.77 bits per heavy atom. The van der Waals surface area contributed by atoms with Crippen LogP contribution in [0.3, 0.4) is 0 Å². The van der Waals surface area contributed by atoms with E-state index >= 15 is 0 Å². The van der Waals surface area contributed by atoms with Crippen molar-refractivity contribution in [1.29, 1.82) is 0 Å². The summed E-state index contributed by atoms with van der Waals surface area (Å²) < 4.78 is 11.7. The molecule has 2 aromatic carbocycles. The van der Waals surface area contributed by atoms with Crippen molar-refractivity contribution in [1.82, 2.24) is 4.98 Å². The van der Waals surface area contributed by atoms with E-state index in [9.17, 15) is 4.79 Å². The third kappa shape index (κ3) is 3.84. The maximum Gasteiger partial charge on any atom is 0.255 e. The molecule has 0 aliphatic carbocycles. The van der Waals surface area contributed by atoms with E-state index in [1.807, 2.05) is 36.6 Å². The second-order valence-corrected chi connectivity index (χ2v) is 7.84. The predicted molar refractivity (Wildman–Crippen MR) is 103 cm³/mol. The van der Waals surface area contributed by atoms with Crippen LogP contribution in [0.1, 0.15) is 21.6 Å². The van der Waals surface area contributed by atoms with E-state index < -0.39 is 0 Å². The number of hydrogen-bond donors (Lipinski definition) is 1. The summed E-state index contributed by atoms with van der Waals surface area (Å²) in [7, 11) is 0. The summed E-state index contributed by atoms with van der Waals surface area (Å²) in [5, 5.41) is 4.93. The molecular formula is C19H16N2O3S2. The monoisotopic (exact) mass is 384 g/mol. The number of benzene rings is 2. The molecule has 0 spiro atoms. The molecule has 26 heavy (non-hydrogen) atoms. The largest absolute Gasteiger partial charge is 0.454 e. The highest BCUT2D eigenvalue weighted by Gasteiger charge is 2.14. The van der Waals surface area contributed by atoms with Crippen molar-refractivity contribution < 1.29 is 14.3 Å². The van der Waals surface area contributed by atoms with Gasteiger partial charge in [0.25, 0.3) is 5.91 Å². The molecule has 1 aromatic heterocycles. The highest BCUT2D eigenvalue weighted by atomic mass is 32.2. The molecule has 0 unspecified atom stereocenters. The first-order valence-corrected chi connectivity index (χ1v) is 9.89. The van der Waals surface area contributed by atoms with E-state index in [4.69, 9.17) is 9.47 Å². The zero-order valence-corrected chi connectivity index (χ0v) is 15.7. The lowest BCUT2D eigenvalue weighted by Crippen LogP contribution is -2.11. The lowest BCUT2D eigenvalue weighted by atomic mass is 10.1. The lowest BCUT2D eigenvalue weighted by molar-refractivity contribution is 0.102. The molecule has 1 aliphatic rings. The Labute approximate surface area is 159 Å². The van der Waals surface area contributed by atoms with Gasteiger partial charge in [-0.15, -0.1) is 11.3 Å². The van der Waals surface area contributed by atoms with Gasteiger partial charge in [0.15, 0.2) is 11.5 Å². The molecule has 2 heterocycles. The summed E-state index contributed by atoms with van der Waals surface area (Å²) in [6.07, 6.45) is 0.